The van der Waals surface area contributed by atoms with Crippen molar-refractivity contribution in [3.8, 4) is 5.75 Å². The smallest absolute Gasteiger partial charge is 0.133 e. The second-order valence-electron chi connectivity index (χ2n) is 6.67. The molecular formula is C18H29BrN2O2. The lowest BCUT2D eigenvalue weighted by molar-refractivity contribution is -0.0311. The summed E-state index contributed by atoms with van der Waals surface area (Å²) in [5.74, 6) is 1.57. The Morgan fingerprint density at radius 1 is 1.39 bits per heavy atom. The van der Waals surface area contributed by atoms with Gasteiger partial charge in [0.25, 0.3) is 0 Å². The molecule has 23 heavy (non-hydrogen) atoms. The Morgan fingerprint density at radius 3 is 2.83 bits per heavy atom. The summed E-state index contributed by atoms with van der Waals surface area (Å²) in [4.78, 5) is 2.51. The molecular weight excluding hydrogens is 356 g/mol. The summed E-state index contributed by atoms with van der Waals surface area (Å²) in [6, 6.07) is 6.50. The average Bonchev–Trinajstić information content (AvgIpc) is 2.52. The van der Waals surface area contributed by atoms with Crippen LogP contribution in [-0.4, -0.2) is 50.9 Å². The van der Waals surface area contributed by atoms with Crippen molar-refractivity contribution in [3.63, 3.8) is 0 Å². The first-order valence-corrected chi connectivity index (χ1v) is 9.19. The van der Waals surface area contributed by atoms with Crippen molar-refractivity contribution in [2.45, 2.75) is 32.9 Å². The number of hydrogen-bond acceptors (Lipinski definition) is 4. The lowest BCUT2D eigenvalue weighted by Gasteiger charge is -2.34. The minimum Gasteiger partial charge on any atom is -0.496 e. The molecule has 4 nitrogen and oxygen atoms in total. The van der Waals surface area contributed by atoms with Crippen LogP contribution < -0.4 is 10.1 Å². The van der Waals surface area contributed by atoms with Crippen LogP contribution in [0.15, 0.2) is 22.7 Å². The van der Waals surface area contributed by atoms with Crippen LogP contribution in [-0.2, 0) is 4.74 Å². The van der Waals surface area contributed by atoms with Crippen molar-refractivity contribution in [1.29, 1.82) is 0 Å². The molecule has 1 aliphatic heterocycles. The van der Waals surface area contributed by atoms with Gasteiger partial charge < -0.3 is 14.8 Å². The summed E-state index contributed by atoms with van der Waals surface area (Å²) < 4.78 is 12.2. The molecule has 1 saturated heterocycles. The van der Waals surface area contributed by atoms with Gasteiger partial charge in [0.15, 0.2) is 0 Å². The topological polar surface area (TPSA) is 33.7 Å². The van der Waals surface area contributed by atoms with E-state index in [9.17, 15) is 0 Å². The summed E-state index contributed by atoms with van der Waals surface area (Å²) in [6.45, 7) is 11.7. The minimum atomic E-state index is 0.270. The Bertz CT molecular complexity index is 496. The second kappa shape index (κ2) is 9.02. The van der Waals surface area contributed by atoms with E-state index in [0.717, 1.165) is 43.0 Å². The Morgan fingerprint density at radius 2 is 2.17 bits per heavy atom. The molecule has 1 N–H and O–H groups in total. The first-order chi connectivity index (χ1) is 11.0. The van der Waals surface area contributed by atoms with E-state index in [1.54, 1.807) is 7.11 Å². The highest BCUT2D eigenvalue weighted by atomic mass is 79.9. The van der Waals surface area contributed by atoms with Crippen molar-refractivity contribution in [2.75, 3.05) is 39.9 Å². The highest BCUT2D eigenvalue weighted by Crippen LogP contribution is 2.28. The molecule has 2 rings (SSSR count). The zero-order chi connectivity index (χ0) is 16.8. The van der Waals surface area contributed by atoms with Crippen LogP contribution in [0.25, 0.3) is 0 Å². The van der Waals surface area contributed by atoms with Crippen LogP contribution in [0.2, 0.25) is 0 Å². The monoisotopic (exact) mass is 384 g/mol. The molecule has 1 aromatic carbocycles. The third-order valence-electron chi connectivity index (χ3n) is 4.17. The molecule has 1 aromatic rings. The third-order valence-corrected chi connectivity index (χ3v) is 4.79. The van der Waals surface area contributed by atoms with Crippen LogP contribution in [0.3, 0.4) is 0 Å². The summed E-state index contributed by atoms with van der Waals surface area (Å²) in [7, 11) is 1.69. The summed E-state index contributed by atoms with van der Waals surface area (Å²) in [5.41, 5.74) is 1.24. The molecule has 130 valence electrons. The van der Waals surface area contributed by atoms with Gasteiger partial charge in [-0.05, 0) is 46.5 Å². The molecule has 0 aromatic heterocycles. The molecule has 0 bridgehead atoms. The number of benzene rings is 1. The standard InChI is InChI=1S/C18H29BrN2O2/c1-13(2)11-21-7-8-23-16(12-21)10-20-14(3)15-5-6-18(22-4)17(19)9-15/h5-6,9,13-14,16,20H,7-8,10-12H2,1-4H3. The molecule has 0 aliphatic carbocycles. The molecule has 1 heterocycles. The minimum absolute atomic E-state index is 0.270. The molecule has 0 amide bonds. The van der Waals surface area contributed by atoms with E-state index in [0.29, 0.717) is 5.92 Å². The number of rotatable bonds is 7. The molecule has 2 atom stereocenters. The average molecular weight is 385 g/mol. The molecule has 0 radical (unpaired) electrons. The Labute approximate surface area is 148 Å². The largest absolute Gasteiger partial charge is 0.496 e. The van der Waals surface area contributed by atoms with E-state index >= 15 is 0 Å². The van der Waals surface area contributed by atoms with E-state index in [4.69, 9.17) is 9.47 Å². The van der Waals surface area contributed by atoms with Gasteiger partial charge in [0.1, 0.15) is 5.75 Å². The Kier molecular flexibility index (Phi) is 7.34. The third kappa shape index (κ3) is 5.75. The van der Waals surface area contributed by atoms with Gasteiger partial charge in [0.2, 0.25) is 0 Å². The number of morpholine rings is 1. The van der Waals surface area contributed by atoms with Gasteiger partial charge >= 0.3 is 0 Å². The molecule has 0 spiro atoms. The Hall–Kier alpha value is -0.620. The van der Waals surface area contributed by atoms with Gasteiger partial charge in [-0.15, -0.1) is 0 Å². The molecule has 5 heteroatoms. The van der Waals surface area contributed by atoms with Crippen LogP contribution in [0.5, 0.6) is 5.75 Å². The van der Waals surface area contributed by atoms with Gasteiger partial charge in [-0.1, -0.05) is 19.9 Å². The van der Waals surface area contributed by atoms with Crippen molar-refractivity contribution < 1.29 is 9.47 Å². The number of hydrogen-bond donors (Lipinski definition) is 1. The normalized spacial score (nSPS) is 20.7. The van der Waals surface area contributed by atoms with Gasteiger partial charge in [-0.3, -0.25) is 4.90 Å². The molecule has 1 fully saturated rings. The molecule has 2 unspecified atom stereocenters. The summed E-state index contributed by atoms with van der Waals surface area (Å²) >= 11 is 3.55. The van der Waals surface area contributed by atoms with Gasteiger partial charge in [0, 0.05) is 32.2 Å². The van der Waals surface area contributed by atoms with Gasteiger partial charge in [0.05, 0.1) is 24.3 Å². The lowest BCUT2D eigenvalue weighted by atomic mass is 10.1. The van der Waals surface area contributed by atoms with Gasteiger partial charge in [-0.2, -0.15) is 0 Å². The number of nitrogens with zero attached hydrogens (tertiary/aromatic N) is 1. The highest BCUT2D eigenvalue weighted by Gasteiger charge is 2.21. The summed E-state index contributed by atoms with van der Waals surface area (Å²) in [5, 5.41) is 3.59. The first-order valence-electron chi connectivity index (χ1n) is 8.40. The van der Waals surface area contributed by atoms with E-state index in [1.165, 1.54) is 5.56 Å². The fourth-order valence-electron chi connectivity index (χ4n) is 2.96. The lowest BCUT2D eigenvalue weighted by Crippen LogP contribution is -2.47. The van der Waals surface area contributed by atoms with Crippen LogP contribution in [0.1, 0.15) is 32.4 Å². The maximum atomic E-state index is 5.90. The fourth-order valence-corrected chi connectivity index (χ4v) is 3.52. The number of methoxy groups -OCH3 is 1. The quantitative estimate of drug-likeness (QED) is 0.780. The van der Waals surface area contributed by atoms with Crippen molar-refractivity contribution in [3.05, 3.63) is 28.2 Å². The first kappa shape index (κ1) is 18.7. The number of nitrogens with one attached hydrogen (secondary N) is 1. The van der Waals surface area contributed by atoms with Gasteiger partial charge in [-0.25, -0.2) is 0 Å². The van der Waals surface area contributed by atoms with E-state index in [2.05, 4.69) is 59.1 Å². The van der Waals surface area contributed by atoms with Crippen molar-refractivity contribution in [2.24, 2.45) is 5.92 Å². The van der Waals surface area contributed by atoms with Crippen LogP contribution >= 0.6 is 15.9 Å². The predicted octanol–water partition coefficient (Wildman–Crippen LogP) is 3.47. The maximum absolute atomic E-state index is 5.90. The second-order valence-corrected chi connectivity index (χ2v) is 7.52. The fraction of sp³-hybridized carbons (Fsp3) is 0.667. The zero-order valence-electron chi connectivity index (χ0n) is 14.6. The van der Waals surface area contributed by atoms with Crippen LogP contribution in [0, 0.1) is 5.92 Å². The van der Waals surface area contributed by atoms with Crippen LogP contribution in [0.4, 0.5) is 0 Å². The van der Waals surface area contributed by atoms with E-state index < -0.39 is 0 Å². The van der Waals surface area contributed by atoms with E-state index in [-0.39, 0.29) is 12.1 Å². The molecule has 0 saturated carbocycles. The van der Waals surface area contributed by atoms with E-state index in [1.807, 2.05) is 6.07 Å². The zero-order valence-corrected chi connectivity index (χ0v) is 16.2. The molecule has 1 aliphatic rings. The SMILES string of the molecule is COc1ccc(C(C)NCC2CN(CC(C)C)CCO2)cc1Br. The summed E-state index contributed by atoms with van der Waals surface area (Å²) in [6.07, 6.45) is 0.270. The number of halogens is 1. The Balaban J connectivity index is 1.84. The highest BCUT2D eigenvalue weighted by molar-refractivity contribution is 9.10. The van der Waals surface area contributed by atoms with Crippen molar-refractivity contribution >= 4 is 15.9 Å². The number of ether oxygens (including phenoxy) is 2. The maximum Gasteiger partial charge on any atom is 0.133 e. The van der Waals surface area contributed by atoms with Crippen molar-refractivity contribution in [1.82, 2.24) is 10.2 Å². The predicted molar refractivity (Wildman–Crippen MR) is 98.1 cm³/mol.